The van der Waals surface area contributed by atoms with Gasteiger partial charge in [0.25, 0.3) is 0 Å². The van der Waals surface area contributed by atoms with Gasteiger partial charge in [0.15, 0.2) is 0 Å². The summed E-state index contributed by atoms with van der Waals surface area (Å²) in [5.41, 5.74) is 1.08. The first-order valence-corrected chi connectivity index (χ1v) is 9.99. The van der Waals surface area contributed by atoms with Crippen LogP contribution in [0.5, 0.6) is 0 Å². The summed E-state index contributed by atoms with van der Waals surface area (Å²) in [4.78, 5) is 16.9. The van der Waals surface area contributed by atoms with Crippen molar-refractivity contribution in [3.63, 3.8) is 0 Å². The van der Waals surface area contributed by atoms with E-state index in [1.807, 2.05) is 35.2 Å². The number of hydrogen-bond donors (Lipinski definition) is 1. The first-order chi connectivity index (χ1) is 12.8. The Balaban J connectivity index is 1.45. The van der Waals surface area contributed by atoms with Crippen LogP contribution in [0, 0.1) is 11.8 Å². The van der Waals surface area contributed by atoms with Crippen LogP contribution < -0.4 is 0 Å². The van der Waals surface area contributed by atoms with E-state index in [1.165, 1.54) is 25.7 Å². The molecule has 5 heteroatoms. The zero-order valence-corrected chi connectivity index (χ0v) is 15.7. The van der Waals surface area contributed by atoms with E-state index in [1.54, 1.807) is 0 Å². The number of aliphatic hydroxyl groups is 1. The van der Waals surface area contributed by atoms with Crippen LogP contribution in [0.1, 0.15) is 31.2 Å². The van der Waals surface area contributed by atoms with Gasteiger partial charge in [0, 0.05) is 32.2 Å². The van der Waals surface area contributed by atoms with Gasteiger partial charge >= 0.3 is 0 Å². The summed E-state index contributed by atoms with van der Waals surface area (Å²) >= 11 is 0. The summed E-state index contributed by atoms with van der Waals surface area (Å²) in [5.74, 6) is 0.602. The van der Waals surface area contributed by atoms with Gasteiger partial charge in [-0.05, 0) is 37.4 Å². The van der Waals surface area contributed by atoms with E-state index in [0.717, 1.165) is 31.7 Å². The molecule has 0 radical (unpaired) electrons. The van der Waals surface area contributed by atoms with Crippen LogP contribution in [0.25, 0.3) is 0 Å². The lowest BCUT2D eigenvalue weighted by molar-refractivity contribution is -0.135. The fourth-order valence-electron chi connectivity index (χ4n) is 4.13. The largest absolute Gasteiger partial charge is 0.396 e. The molecule has 1 aromatic carbocycles. The van der Waals surface area contributed by atoms with Gasteiger partial charge in [0.05, 0.1) is 6.61 Å². The average molecular weight is 360 g/mol. The molecule has 2 aliphatic heterocycles. The van der Waals surface area contributed by atoms with Crippen LogP contribution in [0.4, 0.5) is 0 Å². The standard InChI is InChI=1S/C21H32N2O3/c24-15-20-14-23(13-19(20)12-22-10-6-1-2-7-11-22)21(25)17-26-16-18-8-4-3-5-9-18/h3-5,8-9,19-20,24H,1-2,6-7,10-17H2. The van der Waals surface area contributed by atoms with Crippen LogP contribution in [-0.4, -0.2) is 66.8 Å². The quantitative estimate of drug-likeness (QED) is 0.809. The maximum atomic E-state index is 12.5. The van der Waals surface area contributed by atoms with Gasteiger partial charge < -0.3 is 19.6 Å². The van der Waals surface area contributed by atoms with Gasteiger partial charge in [-0.1, -0.05) is 43.2 Å². The predicted octanol–water partition coefficient (Wildman–Crippen LogP) is 2.15. The molecular formula is C21H32N2O3. The minimum absolute atomic E-state index is 0.0396. The fourth-order valence-corrected chi connectivity index (χ4v) is 4.13. The molecule has 2 atom stereocenters. The molecule has 144 valence electrons. The van der Waals surface area contributed by atoms with Crippen LogP contribution in [0.15, 0.2) is 30.3 Å². The Kier molecular flexibility index (Phi) is 7.47. The van der Waals surface area contributed by atoms with Crippen molar-refractivity contribution in [3.05, 3.63) is 35.9 Å². The number of nitrogens with zero attached hydrogens (tertiary/aromatic N) is 2. The molecule has 2 saturated heterocycles. The third kappa shape index (κ3) is 5.53. The second-order valence-corrected chi connectivity index (χ2v) is 7.69. The van der Waals surface area contributed by atoms with Crippen LogP contribution in [-0.2, 0) is 16.1 Å². The van der Waals surface area contributed by atoms with E-state index < -0.39 is 0 Å². The summed E-state index contributed by atoms with van der Waals surface area (Å²) in [7, 11) is 0. The second kappa shape index (κ2) is 10.0. The van der Waals surface area contributed by atoms with Crippen molar-refractivity contribution < 1.29 is 14.6 Å². The fraction of sp³-hybridized carbons (Fsp3) is 0.667. The highest BCUT2D eigenvalue weighted by Crippen LogP contribution is 2.25. The molecule has 2 fully saturated rings. The summed E-state index contributed by atoms with van der Waals surface area (Å²) in [6.07, 6.45) is 5.20. The first kappa shape index (κ1) is 19.3. The Morgan fingerprint density at radius 3 is 2.42 bits per heavy atom. The SMILES string of the molecule is O=C(COCc1ccccc1)N1CC(CO)C(CN2CCCCCC2)C1. The Morgan fingerprint density at radius 1 is 1.04 bits per heavy atom. The van der Waals surface area contributed by atoms with E-state index in [2.05, 4.69) is 4.90 Å². The summed E-state index contributed by atoms with van der Waals surface area (Å²) < 4.78 is 5.60. The van der Waals surface area contributed by atoms with E-state index in [4.69, 9.17) is 4.74 Å². The number of ether oxygens (including phenoxy) is 1. The third-order valence-corrected chi connectivity index (χ3v) is 5.69. The van der Waals surface area contributed by atoms with Crippen LogP contribution in [0.3, 0.4) is 0 Å². The maximum absolute atomic E-state index is 12.5. The van der Waals surface area contributed by atoms with Gasteiger partial charge in [-0.25, -0.2) is 0 Å². The molecule has 0 aliphatic carbocycles. The normalized spacial score (nSPS) is 24.6. The smallest absolute Gasteiger partial charge is 0.248 e. The minimum Gasteiger partial charge on any atom is -0.396 e. The molecule has 5 nitrogen and oxygen atoms in total. The predicted molar refractivity (Wildman–Crippen MR) is 102 cm³/mol. The van der Waals surface area contributed by atoms with Gasteiger partial charge in [-0.3, -0.25) is 4.79 Å². The lowest BCUT2D eigenvalue weighted by Crippen LogP contribution is -2.35. The average Bonchev–Trinajstić information content (AvgIpc) is 2.89. The molecule has 2 unspecified atom stereocenters. The topological polar surface area (TPSA) is 53.0 Å². The molecule has 26 heavy (non-hydrogen) atoms. The highest BCUT2D eigenvalue weighted by atomic mass is 16.5. The van der Waals surface area contributed by atoms with E-state index >= 15 is 0 Å². The number of amides is 1. The van der Waals surface area contributed by atoms with E-state index in [0.29, 0.717) is 19.1 Å². The molecule has 0 spiro atoms. The van der Waals surface area contributed by atoms with Crippen LogP contribution >= 0.6 is 0 Å². The number of carbonyl (C=O) groups excluding carboxylic acids is 1. The van der Waals surface area contributed by atoms with Gasteiger partial charge in [0.2, 0.25) is 5.91 Å². The first-order valence-electron chi connectivity index (χ1n) is 9.99. The zero-order chi connectivity index (χ0) is 18.2. The zero-order valence-electron chi connectivity index (χ0n) is 15.7. The summed E-state index contributed by atoms with van der Waals surface area (Å²) in [6.45, 7) is 5.45. The van der Waals surface area contributed by atoms with Crippen molar-refractivity contribution in [2.24, 2.45) is 11.8 Å². The van der Waals surface area contributed by atoms with Crippen molar-refractivity contribution in [2.45, 2.75) is 32.3 Å². The molecule has 3 rings (SSSR count). The highest BCUT2D eigenvalue weighted by molar-refractivity contribution is 5.77. The molecule has 0 aromatic heterocycles. The number of carbonyl (C=O) groups is 1. The lowest BCUT2D eigenvalue weighted by Gasteiger charge is -2.26. The van der Waals surface area contributed by atoms with Crippen molar-refractivity contribution in [1.82, 2.24) is 9.80 Å². The Labute approximate surface area is 156 Å². The minimum atomic E-state index is 0.0396. The van der Waals surface area contributed by atoms with Gasteiger partial charge in [-0.15, -0.1) is 0 Å². The summed E-state index contributed by atoms with van der Waals surface area (Å²) in [5, 5.41) is 9.76. The van der Waals surface area contributed by atoms with Gasteiger partial charge in [0.1, 0.15) is 6.61 Å². The Morgan fingerprint density at radius 2 is 1.73 bits per heavy atom. The molecule has 1 N–H and O–H groups in total. The van der Waals surface area contributed by atoms with Crippen molar-refractivity contribution >= 4 is 5.91 Å². The van der Waals surface area contributed by atoms with Crippen molar-refractivity contribution in [1.29, 1.82) is 0 Å². The molecule has 0 bridgehead atoms. The number of likely N-dealkylation sites (tertiary alicyclic amines) is 2. The number of benzene rings is 1. The second-order valence-electron chi connectivity index (χ2n) is 7.69. The molecular weight excluding hydrogens is 328 g/mol. The molecule has 1 aromatic rings. The Hall–Kier alpha value is -1.43. The highest BCUT2D eigenvalue weighted by Gasteiger charge is 2.35. The molecule has 2 heterocycles. The summed E-state index contributed by atoms with van der Waals surface area (Å²) in [6, 6.07) is 9.91. The molecule has 2 aliphatic rings. The lowest BCUT2D eigenvalue weighted by atomic mass is 9.96. The monoisotopic (exact) mass is 360 g/mol. The number of aliphatic hydroxyl groups excluding tert-OH is 1. The van der Waals surface area contributed by atoms with E-state index in [9.17, 15) is 9.90 Å². The van der Waals surface area contributed by atoms with Crippen LogP contribution in [0.2, 0.25) is 0 Å². The Bertz CT molecular complexity index is 543. The number of hydrogen-bond acceptors (Lipinski definition) is 4. The molecule has 1 amide bonds. The van der Waals surface area contributed by atoms with E-state index in [-0.39, 0.29) is 25.0 Å². The van der Waals surface area contributed by atoms with Gasteiger partial charge in [-0.2, -0.15) is 0 Å². The maximum Gasteiger partial charge on any atom is 0.248 e. The number of rotatable bonds is 7. The third-order valence-electron chi connectivity index (χ3n) is 5.69. The van der Waals surface area contributed by atoms with Crippen molar-refractivity contribution in [2.75, 3.05) is 45.9 Å². The molecule has 0 saturated carbocycles. The van der Waals surface area contributed by atoms with Crippen molar-refractivity contribution in [3.8, 4) is 0 Å².